The molecule has 0 unspecified atom stereocenters. The standard InChI is InChI=1S/C46H36O9/c47-37-26-36-42(53-28-39(49)31-15-7-2-8-16-31)24-35(45(51)33-19-11-4-12-20-33)25-43(36)55-46(37)34-21-22-41(52-27-38(48)30-13-5-1-6-14-30)44(23-34)54-29-40(50)32-17-9-3-10-18-32/h1-25,37,46-47H,26-29H2/t37-,46-/m0/s1. The van der Waals surface area contributed by atoms with Crippen molar-refractivity contribution in [2.75, 3.05) is 19.8 Å². The van der Waals surface area contributed by atoms with Crippen LogP contribution in [0.5, 0.6) is 23.0 Å². The average Bonchev–Trinajstić information content (AvgIpc) is 3.24. The van der Waals surface area contributed by atoms with Crippen molar-refractivity contribution in [1.82, 2.24) is 0 Å². The molecule has 2 atom stereocenters. The third-order valence-corrected chi connectivity index (χ3v) is 9.14. The fourth-order valence-corrected chi connectivity index (χ4v) is 6.25. The molecule has 9 nitrogen and oxygen atoms in total. The molecule has 1 aliphatic heterocycles. The topological polar surface area (TPSA) is 125 Å². The van der Waals surface area contributed by atoms with Gasteiger partial charge in [-0.25, -0.2) is 0 Å². The Morgan fingerprint density at radius 3 is 1.47 bits per heavy atom. The van der Waals surface area contributed by atoms with Crippen molar-refractivity contribution in [1.29, 1.82) is 0 Å². The van der Waals surface area contributed by atoms with Crippen LogP contribution in [0.1, 0.15) is 64.2 Å². The maximum absolute atomic E-state index is 13.7. The minimum Gasteiger partial charge on any atom is -0.485 e. The highest BCUT2D eigenvalue weighted by Gasteiger charge is 2.34. The molecule has 7 rings (SSSR count). The summed E-state index contributed by atoms with van der Waals surface area (Å²) in [4.78, 5) is 52.5. The van der Waals surface area contributed by atoms with Gasteiger partial charge in [0.2, 0.25) is 0 Å². The predicted molar refractivity (Wildman–Crippen MR) is 205 cm³/mol. The first-order valence-electron chi connectivity index (χ1n) is 17.7. The zero-order valence-corrected chi connectivity index (χ0v) is 29.6. The maximum atomic E-state index is 13.7. The van der Waals surface area contributed by atoms with Crippen LogP contribution >= 0.6 is 0 Å². The lowest BCUT2D eigenvalue weighted by Crippen LogP contribution is -2.31. The summed E-state index contributed by atoms with van der Waals surface area (Å²) in [7, 11) is 0. The number of rotatable bonds is 15. The van der Waals surface area contributed by atoms with Crippen LogP contribution in [0.4, 0.5) is 0 Å². The molecule has 274 valence electrons. The molecule has 0 amide bonds. The molecule has 1 heterocycles. The Hall–Kier alpha value is -6.84. The number of carbonyl (C=O) groups excluding carboxylic acids is 4. The molecule has 0 fully saturated rings. The molecule has 1 N–H and O–H groups in total. The van der Waals surface area contributed by atoms with Crippen LogP contribution in [0.2, 0.25) is 0 Å². The van der Waals surface area contributed by atoms with Crippen LogP contribution in [0.15, 0.2) is 152 Å². The molecule has 1 aliphatic rings. The Morgan fingerprint density at radius 1 is 0.509 bits per heavy atom. The van der Waals surface area contributed by atoms with Gasteiger partial charge in [-0.1, -0.05) is 127 Å². The lowest BCUT2D eigenvalue weighted by Gasteiger charge is -2.32. The van der Waals surface area contributed by atoms with Gasteiger partial charge >= 0.3 is 0 Å². The number of Topliss-reactive ketones (excluding diaryl/α,β-unsaturated/α-hetero) is 3. The Morgan fingerprint density at radius 2 is 0.964 bits per heavy atom. The van der Waals surface area contributed by atoms with Gasteiger partial charge in [0.05, 0.1) is 6.10 Å². The Balaban J connectivity index is 1.18. The third-order valence-electron chi connectivity index (χ3n) is 9.14. The van der Waals surface area contributed by atoms with Crippen molar-refractivity contribution in [2.24, 2.45) is 0 Å². The number of benzene rings is 6. The molecule has 0 aliphatic carbocycles. The van der Waals surface area contributed by atoms with Crippen LogP contribution in [0.3, 0.4) is 0 Å². The molecule has 6 aromatic rings. The second-order valence-corrected chi connectivity index (χ2v) is 12.9. The van der Waals surface area contributed by atoms with E-state index < -0.39 is 12.2 Å². The fraction of sp³-hybridized carbons (Fsp3) is 0.130. The summed E-state index contributed by atoms with van der Waals surface area (Å²) in [6.07, 6.45) is -1.97. The number of ketones is 4. The first-order valence-corrected chi connectivity index (χ1v) is 17.7. The number of aliphatic hydroxyl groups excluding tert-OH is 1. The molecule has 0 spiro atoms. The summed E-state index contributed by atoms with van der Waals surface area (Å²) in [5, 5.41) is 11.5. The molecular formula is C46H36O9. The summed E-state index contributed by atoms with van der Waals surface area (Å²) in [5.41, 5.74) is 3.14. The molecule has 0 saturated heterocycles. The van der Waals surface area contributed by atoms with Crippen LogP contribution in [-0.4, -0.2) is 54.2 Å². The molecule has 0 radical (unpaired) electrons. The van der Waals surface area contributed by atoms with Crippen LogP contribution < -0.4 is 18.9 Å². The van der Waals surface area contributed by atoms with Gasteiger partial charge in [-0.3, -0.25) is 19.2 Å². The average molecular weight is 733 g/mol. The van der Waals surface area contributed by atoms with Gasteiger partial charge in [0, 0.05) is 39.8 Å². The molecule has 0 aromatic heterocycles. The number of fused-ring (bicyclic) bond motifs is 1. The number of carbonyl (C=O) groups is 4. The quantitative estimate of drug-likeness (QED) is 0.106. The van der Waals surface area contributed by atoms with E-state index in [-0.39, 0.29) is 72.2 Å². The summed E-state index contributed by atoms with van der Waals surface area (Å²) < 4.78 is 24.4. The van der Waals surface area contributed by atoms with Gasteiger partial charge in [0.25, 0.3) is 0 Å². The van der Waals surface area contributed by atoms with Gasteiger partial charge in [0.15, 0.2) is 54.5 Å². The van der Waals surface area contributed by atoms with Gasteiger partial charge in [-0.2, -0.15) is 0 Å². The Kier molecular flexibility index (Phi) is 11.2. The predicted octanol–water partition coefficient (Wildman–Crippen LogP) is 7.74. The van der Waals surface area contributed by atoms with Crippen LogP contribution in [0, 0.1) is 0 Å². The van der Waals surface area contributed by atoms with Gasteiger partial charge < -0.3 is 24.1 Å². The monoisotopic (exact) mass is 732 g/mol. The van der Waals surface area contributed by atoms with E-state index in [0.717, 1.165) is 0 Å². The van der Waals surface area contributed by atoms with E-state index in [0.29, 0.717) is 39.1 Å². The number of ether oxygens (including phenoxy) is 4. The molecule has 0 bridgehead atoms. The van der Waals surface area contributed by atoms with E-state index in [4.69, 9.17) is 18.9 Å². The highest BCUT2D eigenvalue weighted by molar-refractivity contribution is 6.09. The second kappa shape index (κ2) is 16.9. The maximum Gasteiger partial charge on any atom is 0.200 e. The minimum atomic E-state index is -1.10. The van der Waals surface area contributed by atoms with Crippen molar-refractivity contribution in [3.8, 4) is 23.0 Å². The Labute approximate surface area is 317 Å². The molecule has 0 saturated carbocycles. The first-order chi connectivity index (χ1) is 26.8. The Bertz CT molecular complexity index is 2310. The zero-order valence-electron chi connectivity index (χ0n) is 29.6. The smallest absolute Gasteiger partial charge is 0.200 e. The number of hydrogen-bond donors (Lipinski definition) is 1. The zero-order chi connectivity index (χ0) is 38.1. The van der Waals surface area contributed by atoms with E-state index in [1.54, 1.807) is 127 Å². The van der Waals surface area contributed by atoms with Crippen molar-refractivity contribution in [3.63, 3.8) is 0 Å². The highest BCUT2D eigenvalue weighted by Crippen LogP contribution is 2.43. The minimum absolute atomic E-state index is 0.0706. The van der Waals surface area contributed by atoms with Crippen LogP contribution in [-0.2, 0) is 6.42 Å². The summed E-state index contributed by atoms with van der Waals surface area (Å²) in [6.45, 7) is -0.896. The summed E-state index contributed by atoms with van der Waals surface area (Å²) >= 11 is 0. The molecule has 6 aromatic carbocycles. The van der Waals surface area contributed by atoms with E-state index in [1.165, 1.54) is 0 Å². The highest BCUT2D eigenvalue weighted by atomic mass is 16.5. The lowest BCUT2D eigenvalue weighted by molar-refractivity contribution is 0.0196. The summed E-state index contributed by atoms with van der Waals surface area (Å²) in [6, 6.07) is 43.0. The second-order valence-electron chi connectivity index (χ2n) is 12.9. The van der Waals surface area contributed by atoms with Gasteiger partial charge in [-0.15, -0.1) is 0 Å². The van der Waals surface area contributed by atoms with Crippen molar-refractivity contribution in [2.45, 2.75) is 18.6 Å². The normalized spacial score (nSPS) is 14.5. The first kappa shape index (κ1) is 36.5. The van der Waals surface area contributed by atoms with Crippen molar-refractivity contribution in [3.05, 3.63) is 191 Å². The van der Waals surface area contributed by atoms with Crippen molar-refractivity contribution < 1.29 is 43.2 Å². The van der Waals surface area contributed by atoms with E-state index in [9.17, 15) is 24.3 Å². The summed E-state index contributed by atoms with van der Waals surface area (Å²) in [5.74, 6) is -0.120. The molecule has 9 heteroatoms. The third kappa shape index (κ3) is 8.70. The molecule has 55 heavy (non-hydrogen) atoms. The van der Waals surface area contributed by atoms with Crippen molar-refractivity contribution >= 4 is 23.1 Å². The van der Waals surface area contributed by atoms with E-state index >= 15 is 0 Å². The fourth-order valence-electron chi connectivity index (χ4n) is 6.25. The van der Waals surface area contributed by atoms with Crippen LogP contribution in [0.25, 0.3) is 0 Å². The lowest BCUT2D eigenvalue weighted by atomic mass is 9.92. The van der Waals surface area contributed by atoms with Gasteiger partial charge in [-0.05, 0) is 29.8 Å². The van der Waals surface area contributed by atoms with E-state index in [2.05, 4.69) is 0 Å². The SMILES string of the molecule is O=C(COc1ccc([C@@H]2Oc3cc(C(=O)c4ccccc4)cc(OCC(=O)c4ccccc4)c3C[C@@H]2O)cc1OCC(=O)c1ccccc1)c1ccccc1. The van der Waals surface area contributed by atoms with E-state index in [1.807, 2.05) is 24.3 Å². The molecular weight excluding hydrogens is 696 g/mol. The van der Waals surface area contributed by atoms with Gasteiger partial charge in [0.1, 0.15) is 17.6 Å². The largest absolute Gasteiger partial charge is 0.485 e. The number of hydrogen-bond acceptors (Lipinski definition) is 9. The number of aliphatic hydroxyl groups is 1.